The van der Waals surface area contributed by atoms with Crippen LogP contribution in [0.3, 0.4) is 0 Å². The smallest absolute Gasteiger partial charge is 0.249 e. The van der Waals surface area contributed by atoms with E-state index in [1.807, 2.05) is 0 Å². The normalized spacial score (nSPS) is 19.0. The predicted octanol–water partition coefficient (Wildman–Crippen LogP) is 18.5. The number of nitrogens with one attached hydrogen (secondary N) is 1. The zero-order chi connectivity index (χ0) is 63.1. The Kier molecular flexibility index (Phi) is 60.9. The van der Waals surface area contributed by atoms with Crippen molar-refractivity contribution >= 4 is 5.91 Å². The van der Waals surface area contributed by atoms with Crippen LogP contribution in [0.2, 0.25) is 0 Å². The second kappa shape index (κ2) is 63.9. The molecule has 1 amide bonds. The lowest BCUT2D eigenvalue weighted by Gasteiger charge is -2.40. The summed E-state index contributed by atoms with van der Waals surface area (Å²) >= 11 is 0. The van der Waals surface area contributed by atoms with Gasteiger partial charge in [0.15, 0.2) is 6.29 Å². The van der Waals surface area contributed by atoms with Crippen molar-refractivity contribution in [3.63, 3.8) is 0 Å². The fraction of sp³-hybridized carbons (Fsp3) is 0.855. The number of carbonyl (C=O) groups is 1. The number of rotatable bonds is 65. The lowest BCUT2D eigenvalue weighted by atomic mass is 9.98. The molecule has 1 rings (SSSR count). The summed E-state index contributed by atoms with van der Waals surface area (Å²) in [5.41, 5.74) is 0. The van der Waals surface area contributed by atoms with E-state index in [9.17, 15) is 40.5 Å². The van der Waals surface area contributed by atoms with Crippen LogP contribution in [0.25, 0.3) is 0 Å². The zero-order valence-corrected chi connectivity index (χ0v) is 56.5. The first-order valence-electron chi connectivity index (χ1n) is 37.2. The van der Waals surface area contributed by atoms with Gasteiger partial charge in [-0.2, -0.15) is 0 Å². The van der Waals surface area contributed by atoms with E-state index in [0.29, 0.717) is 19.3 Å². The van der Waals surface area contributed by atoms with Gasteiger partial charge in [0.05, 0.1) is 25.4 Å². The molecular weight excluding hydrogens is 1090 g/mol. The Hall–Kier alpha value is -2.19. The van der Waals surface area contributed by atoms with Gasteiger partial charge >= 0.3 is 0 Å². The number of ether oxygens (including phenoxy) is 2. The molecule has 1 fully saturated rings. The molecule has 0 aromatic carbocycles. The van der Waals surface area contributed by atoms with Crippen LogP contribution in [-0.2, 0) is 14.3 Å². The summed E-state index contributed by atoms with van der Waals surface area (Å²) in [6, 6.07) is -1.20. The highest BCUT2D eigenvalue weighted by molar-refractivity contribution is 5.80. The van der Waals surface area contributed by atoms with E-state index < -0.39 is 74.2 Å². The SMILES string of the molecule is CCCCCCCCCCCCC/C=C/CC/C=C/CC/C=C/CCCC(O)C(O)C(COC1OC(CO)C(O)C(O)C1O)NC(=O)C(O)CCCCCCCCCCCCCCCCCC/C=C\C/C=C\CCCCCCCCCCCCCCC. The third-order valence-electron chi connectivity index (χ3n) is 17.7. The van der Waals surface area contributed by atoms with Crippen LogP contribution in [0, 0.1) is 0 Å². The van der Waals surface area contributed by atoms with Crippen LogP contribution in [0.5, 0.6) is 0 Å². The van der Waals surface area contributed by atoms with Crippen molar-refractivity contribution in [2.75, 3.05) is 13.2 Å². The monoisotopic (exact) mass is 1230 g/mol. The van der Waals surface area contributed by atoms with E-state index in [1.165, 1.54) is 250 Å². The average molecular weight is 1230 g/mol. The maximum absolute atomic E-state index is 13.3. The third kappa shape index (κ3) is 51.1. The number of unbranched alkanes of at least 4 members (excludes halogenated alkanes) is 43. The van der Waals surface area contributed by atoms with Crippen LogP contribution in [0.15, 0.2) is 60.8 Å². The molecule has 1 heterocycles. The van der Waals surface area contributed by atoms with Crippen LogP contribution in [-0.4, -0.2) is 110 Å². The van der Waals surface area contributed by atoms with Gasteiger partial charge in [0.1, 0.15) is 36.6 Å². The van der Waals surface area contributed by atoms with Crippen molar-refractivity contribution in [1.29, 1.82) is 0 Å². The van der Waals surface area contributed by atoms with Crippen molar-refractivity contribution < 1.29 is 50.0 Å². The molecule has 9 unspecified atom stereocenters. The van der Waals surface area contributed by atoms with E-state index in [1.54, 1.807) is 0 Å². The Morgan fingerprint density at radius 2 is 0.724 bits per heavy atom. The van der Waals surface area contributed by atoms with Crippen LogP contribution in [0.1, 0.15) is 348 Å². The van der Waals surface area contributed by atoms with Gasteiger partial charge in [-0.25, -0.2) is 0 Å². The Labute approximate surface area is 535 Å². The van der Waals surface area contributed by atoms with E-state index >= 15 is 0 Å². The highest BCUT2D eigenvalue weighted by Gasteiger charge is 2.44. The van der Waals surface area contributed by atoms with Crippen LogP contribution in [0.4, 0.5) is 0 Å². The Morgan fingerprint density at radius 1 is 0.402 bits per heavy atom. The molecule has 1 saturated heterocycles. The molecule has 0 aromatic heterocycles. The summed E-state index contributed by atoms with van der Waals surface area (Å²) in [6.45, 7) is 3.48. The minimum atomic E-state index is -1.68. The number of aliphatic hydroxyl groups excluding tert-OH is 7. The summed E-state index contributed by atoms with van der Waals surface area (Å²) in [7, 11) is 0. The molecule has 11 heteroatoms. The third-order valence-corrected chi connectivity index (χ3v) is 17.7. The predicted molar refractivity (Wildman–Crippen MR) is 367 cm³/mol. The van der Waals surface area contributed by atoms with E-state index in [0.717, 1.165) is 51.4 Å². The van der Waals surface area contributed by atoms with Crippen molar-refractivity contribution in [3.8, 4) is 0 Å². The van der Waals surface area contributed by atoms with Gasteiger partial charge in [-0.05, 0) is 96.3 Å². The van der Waals surface area contributed by atoms with Gasteiger partial charge in [0.25, 0.3) is 0 Å². The second-order valence-corrected chi connectivity index (χ2v) is 26.0. The summed E-state index contributed by atoms with van der Waals surface area (Å²) in [5, 5.41) is 76.5. The number of allylic oxidation sites excluding steroid dienone is 10. The van der Waals surface area contributed by atoms with Gasteiger partial charge in [-0.15, -0.1) is 0 Å². The molecule has 1 aliphatic rings. The summed E-state index contributed by atoms with van der Waals surface area (Å²) < 4.78 is 11.2. The first kappa shape index (κ1) is 82.8. The molecule has 0 aromatic rings. The standard InChI is InChI=1S/C76H141NO10/c1-3-5-7-9-11-13-15-17-19-21-23-25-27-29-30-31-32-33-34-35-36-37-38-39-40-42-44-46-48-50-52-54-56-58-60-62-64-69(80)75(85)77-67(66-86-76-74(84)73(83)72(82)70(65-78)87-76)71(81)68(79)63-61-59-57-55-53-51-49-47-45-43-41-28-26-24-22-20-18-16-14-12-10-8-6-4-2/h28,30-31,33-34,41,47,49,55,57,67-74,76,78-84H,3-27,29,32,35-40,42-46,48,50-54,56,58-66H2,1-2H3,(H,77,85)/b31-30-,34-33-,41-28+,49-47+,57-55+. The highest BCUT2D eigenvalue weighted by atomic mass is 16.7. The molecule has 0 spiro atoms. The summed E-state index contributed by atoms with van der Waals surface area (Å²) in [4.78, 5) is 13.3. The molecule has 0 aliphatic carbocycles. The first-order valence-corrected chi connectivity index (χ1v) is 37.2. The molecule has 0 bridgehead atoms. The fourth-order valence-electron chi connectivity index (χ4n) is 11.8. The molecule has 87 heavy (non-hydrogen) atoms. The Balaban J connectivity index is 2.19. The first-order chi connectivity index (χ1) is 42.7. The molecule has 1 aliphatic heterocycles. The molecule has 8 N–H and O–H groups in total. The molecule has 0 saturated carbocycles. The Bertz CT molecular complexity index is 1600. The minimum absolute atomic E-state index is 0.240. The molecular formula is C76H141NO10. The quantitative estimate of drug-likeness (QED) is 0.0215. The fourth-order valence-corrected chi connectivity index (χ4v) is 11.8. The second-order valence-electron chi connectivity index (χ2n) is 26.0. The van der Waals surface area contributed by atoms with Gasteiger partial charge in [-0.1, -0.05) is 312 Å². The van der Waals surface area contributed by atoms with Crippen molar-refractivity contribution in [3.05, 3.63) is 60.8 Å². The number of hydrogen-bond donors (Lipinski definition) is 8. The molecule has 510 valence electrons. The molecule has 0 radical (unpaired) electrons. The van der Waals surface area contributed by atoms with E-state index in [2.05, 4.69) is 79.9 Å². The van der Waals surface area contributed by atoms with Gasteiger partial charge in [0, 0.05) is 0 Å². The van der Waals surface area contributed by atoms with Gasteiger partial charge in [-0.3, -0.25) is 4.79 Å². The van der Waals surface area contributed by atoms with Crippen molar-refractivity contribution in [2.24, 2.45) is 0 Å². The Morgan fingerprint density at radius 3 is 1.09 bits per heavy atom. The van der Waals surface area contributed by atoms with E-state index in [4.69, 9.17) is 9.47 Å². The number of hydrogen-bond acceptors (Lipinski definition) is 10. The van der Waals surface area contributed by atoms with E-state index in [-0.39, 0.29) is 12.8 Å². The molecule has 11 nitrogen and oxygen atoms in total. The zero-order valence-electron chi connectivity index (χ0n) is 56.5. The molecule has 9 atom stereocenters. The highest BCUT2D eigenvalue weighted by Crippen LogP contribution is 2.24. The lowest BCUT2D eigenvalue weighted by Crippen LogP contribution is -2.60. The summed E-state index contributed by atoms with van der Waals surface area (Å²) in [5.74, 6) is -0.709. The largest absolute Gasteiger partial charge is 0.394 e. The maximum Gasteiger partial charge on any atom is 0.249 e. The van der Waals surface area contributed by atoms with Crippen LogP contribution < -0.4 is 5.32 Å². The van der Waals surface area contributed by atoms with Gasteiger partial charge < -0.3 is 50.5 Å². The minimum Gasteiger partial charge on any atom is -0.394 e. The number of aliphatic hydroxyl groups is 7. The topological polar surface area (TPSA) is 189 Å². The van der Waals surface area contributed by atoms with Crippen molar-refractivity contribution in [1.82, 2.24) is 5.32 Å². The summed E-state index contributed by atoms with van der Waals surface area (Å²) in [6.07, 6.45) is 74.6. The average Bonchev–Trinajstić information content (AvgIpc) is 1.97. The maximum atomic E-state index is 13.3. The van der Waals surface area contributed by atoms with Crippen LogP contribution >= 0.6 is 0 Å². The van der Waals surface area contributed by atoms with Gasteiger partial charge in [0.2, 0.25) is 5.91 Å². The lowest BCUT2D eigenvalue weighted by molar-refractivity contribution is -0.303. The van der Waals surface area contributed by atoms with Crippen molar-refractivity contribution in [2.45, 2.75) is 403 Å². The number of carbonyl (C=O) groups excluding carboxylic acids is 1. The number of amides is 1.